The molecule has 2 aliphatic heterocycles. The van der Waals surface area contributed by atoms with Crippen LogP contribution in [0, 0.1) is 11.8 Å². The fraction of sp³-hybridized carbons (Fsp3) is 0.647. The minimum Gasteiger partial charge on any atom is -0.366 e. The molecule has 2 heterocycles. The topological polar surface area (TPSA) is 43.9 Å². The maximum Gasteiger partial charge on any atom is 0.279 e. The Bertz CT molecular complexity index is 552. The molecule has 0 spiro atoms. The molecule has 0 bridgehead atoms. The molecule has 0 atom stereocenters. The van der Waals surface area contributed by atoms with Gasteiger partial charge < -0.3 is 4.90 Å². The van der Waals surface area contributed by atoms with E-state index in [0.29, 0.717) is 12.2 Å². The summed E-state index contributed by atoms with van der Waals surface area (Å²) in [6.45, 7) is 8.33. The van der Waals surface area contributed by atoms with Gasteiger partial charge in [0.2, 0.25) is 0 Å². The summed E-state index contributed by atoms with van der Waals surface area (Å²) in [6, 6.07) is 0. The predicted octanol–water partition coefficient (Wildman–Crippen LogP) is 1.64. The Hall–Kier alpha value is -1.51. The molecule has 0 aliphatic carbocycles. The van der Waals surface area contributed by atoms with Crippen LogP contribution in [0.5, 0.6) is 0 Å². The Morgan fingerprint density at radius 2 is 1.70 bits per heavy atom. The second kappa shape index (κ2) is 8.37. The van der Waals surface area contributed by atoms with E-state index in [-0.39, 0.29) is 17.5 Å². The first kappa shape index (κ1) is 17.8. The summed E-state index contributed by atoms with van der Waals surface area (Å²) in [6.07, 6.45) is 3.21. The van der Waals surface area contributed by atoms with E-state index in [2.05, 4.69) is 30.6 Å². The van der Waals surface area contributed by atoms with Gasteiger partial charge >= 0.3 is 0 Å². The van der Waals surface area contributed by atoms with Gasteiger partial charge in [-0.3, -0.25) is 19.4 Å². The third-order valence-corrected chi connectivity index (χ3v) is 4.66. The molecule has 0 aromatic heterocycles. The van der Waals surface area contributed by atoms with Gasteiger partial charge in [0, 0.05) is 13.1 Å². The van der Waals surface area contributed by atoms with Crippen LogP contribution in [0.25, 0.3) is 0 Å². The van der Waals surface area contributed by atoms with E-state index in [9.17, 15) is 9.59 Å². The number of hydrogen-bond donors (Lipinski definition) is 0. The van der Waals surface area contributed by atoms with Crippen LogP contribution in [-0.2, 0) is 9.59 Å². The molecule has 2 rings (SSSR count). The lowest BCUT2D eigenvalue weighted by molar-refractivity contribution is -0.137. The number of carbonyl (C=O) groups is 2. The van der Waals surface area contributed by atoms with E-state index in [1.165, 1.54) is 0 Å². The summed E-state index contributed by atoms with van der Waals surface area (Å²) in [5, 5.41) is 0.0439. The van der Waals surface area contributed by atoms with Crippen LogP contribution in [0.2, 0.25) is 0 Å². The van der Waals surface area contributed by atoms with Crippen LogP contribution >= 0.6 is 11.6 Å². The van der Waals surface area contributed by atoms with E-state index in [1.54, 1.807) is 0 Å². The zero-order chi connectivity index (χ0) is 16.8. The number of imide groups is 1. The molecule has 0 unspecified atom stereocenters. The van der Waals surface area contributed by atoms with Crippen molar-refractivity contribution in [3.63, 3.8) is 0 Å². The Labute approximate surface area is 143 Å². The van der Waals surface area contributed by atoms with E-state index in [0.717, 1.165) is 50.3 Å². The first-order valence-corrected chi connectivity index (χ1v) is 8.66. The molecule has 1 saturated heterocycles. The minimum absolute atomic E-state index is 0.0439. The first-order valence-electron chi connectivity index (χ1n) is 8.29. The van der Waals surface area contributed by atoms with Gasteiger partial charge in [-0.05, 0) is 32.4 Å². The molecular weight excluding hydrogens is 314 g/mol. The van der Waals surface area contributed by atoms with Crippen molar-refractivity contribution in [2.75, 3.05) is 39.3 Å². The lowest BCUT2D eigenvalue weighted by Gasteiger charge is -2.29. The number of piperidine rings is 1. The third-order valence-electron chi connectivity index (χ3n) is 4.32. The molecule has 0 N–H and O–H groups in total. The third kappa shape index (κ3) is 4.07. The van der Waals surface area contributed by atoms with Gasteiger partial charge in [0.25, 0.3) is 11.8 Å². The quantitative estimate of drug-likeness (QED) is 0.565. The van der Waals surface area contributed by atoms with Gasteiger partial charge in [0.05, 0.1) is 13.1 Å². The maximum absolute atomic E-state index is 12.5. The molecule has 2 aliphatic rings. The lowest BCUT2D eigenvalue weighted by Crippen LogP contribution is -2.37. The van der Waals surface area contributed by atoms with Crippen molar-refractivity contribution in [3.8, 4) is 11.8 Å². The zero-order valence-corrected chi connectivity index (χ0v) is 14.7. The van der Waals surface area contributed by atoms with Gasteiger partial charge in [-0.1, -0.05) is 37.3 Å². The number of hydrogen-bond acceptors (Lipinski definition) is 4. The van der Waals surface area contributed by atoms with Crippen LogP contribution in [0.15, 0.2) is 10.7 Å². The van der Waals surface area contributed by atoms with Crippen molar-refractivity contribution >= 4 is 23.4 Å². The Balaban J connectivity index is 1.99. The highest BCUT2D eigenvalue weighted by Gasteiger charge is 2.40. The van der Waals surface area contributed by atoms with Gasteiger partial charge in [-0.25, -0.2) is 0 Å². The summed E-state index contributed by atoms with van der Waals surface area (Å²) >= 11 is 6.13. The van der Waals surface area contributed by atoms with Gasteiger partial charge in [-0.2, -0.15) is 0 Å². The summed E-state index contributed by atoms with van der Waals surface area (Å²) in [7, 11) is 0. The molecule has 0 aromatic carbocycles. The molecule has 0 radical (unpaired) electrons. The van der Waals surface area contributed by atoms with Gasteiger partial charge in [-0.15, -0.1) is 0 Å². The molecule has 0 aromatic rings. The Morgan fingerprint density at radius 1 is 1.04 bits per heavy atom. The fourth-order valence-electron chi connectivity index (χ4n) is 2.82. The minimum atomic E-state index is -0.422. The molecular formula is C17H24ClN3O2. The zero-order valence-electron chi connectivity index (χ0n) is 13.9. The molecule has 2 amide bonds. The van der Waals surface area contributed by atoms with Crippen LogP contribution in [-0.4, -0.2) is 65.8 Å². The molecule has 23 heavy (non-hydrogen) atoms. The summed E-state index contributed by atoms with van der Waals surface area (Å²) < 4.78 is 0. The molecule has 1 fully saturated rings. The highest BCUT2D eigenvalue weighted by atomic mass is 35.5. The summed E-state index contributed by atoms with van der Waals surface area (Å²) in [4.78, 5) is 30.0. The van der Waals surface area contributed by atoms with E-state index < -0.39 is 5.91 Å². The highest BCUT2D eigenvalue weighted by Crippen LogP contribution is 2.28. The van der Waals surface area contributed by atoms with Crippen molar-refractivity contribution in [3.05, 3.63) is 10.7 Å². The standard InChI is InChI=1S/C17H24ClN3O2/c1-3-19(4-2)10-8-9-13-21-16(22)14(18)15(17(21)23)20-11-6-5-7-12-20/h3-7,10-13H2,1-2H3. The van der Waals surface area contributed by atoms with Crippen molar-refractivity contribution < 1.29 is 9.59 Å². The SMILES string of the molecule is CCN(CC)CC#CCN1C(=O)C(Cl)=C(N2CCCCC2)C1=O. The van der Waals surface area contributed by atoms with Gasteiger partial charge in [0.1, 0.15) is 10.7 Å². The van der Waals surface area contributed by atoms with Crippen molar-refractivity contribution in [2.24, 2.45) is 0 Å². The number of halogens is 1. The second-order valence-electron chi connectivity index (χ2n) is 5.72. The molecule has 5 nitrogen and oxygen atoms in total. The monoisotopic (exact) mass is 337 g/mol. The molecule has 126 valence electrons. The number of likely N-dealkylation sites (tertiary alicyclic amines) is 1. The number of carbonyl (C=O) groups excluding carboxylic acids is 2. The number of amides is 2. The first-order chi connectivity index (χ1) is 11.1. The Morgan fingerprint density at radius 3 is 2.30 bits per heavy atom. The average Bonchev–Trinajstić information content (AvgIpc) is 2.79. The van der Waals surface area contributed by atoms with Gasteiger partial charge in [0.15, 0.2) is 0 Å². The largest absolute Gasteiger partial charge is 0.366 e. The molecule has 0 saturated carbocycles. The van der Waals surface area contributed by atoms with Crippen LogP contribution < -0.4 is 0 Å². The number of rotatable bonds is 5. The number of nitrogens with zero attached hydrogens (tertiary/aromatic N) is 3. The normalized spacial score (nSPS) is 18.8. The van der Waals surface area contributed by atoms with Crippen LogP contribution in [0.1, 0.15) is 33.1 Å². The Kier molecular flexibility index (Phi) is 6.49. The second-order valence-corrected chi connectivity index (χ2v) is 6.10. The molecule has 6 heteroatoms. The van der Waals surface area contributed by atoms with Crippen molar-refractivity contribution in [1.82, 2.24) is 14.7 Å². The van der Waals surface area contributed by atoms with E-state index in [4.69, 9.17) is 11.6 Å². The summed E-state index contributed by atoms with van der Waals surface area (Å²) in [5.74, 6) is 5.21. The lowest BCUT2D eigenvalue weighted by atomic mass is 10.1. The van der Waals surface area contributed by atoms with Crippen LogP contribution in [0.4, 0.5) is 0 Å². The maximum atomic E-state index is 12.5. The van der Waals surface area contributed by atoms with Crippen molar-refractivity contribution in [1.29, 1.82) is 0 Å². The van der Waals surface area contributed by atoms with Crippen LogP contribution in [0.3, 0.4) is 0 Å². The smallest absolute Gasteiger partial charge is 0.279 e. The van der Waals surface area contributed by atoms with E-state index >= 15 is 0 Å². The highest BCUT2D eigenvalue weighted by molar-refractivity contribution is 6.47. The van der Waals surface area contributed by atoms with Crippen molar-refractivity contribution in [2.45, 2.75) is 33.1 Å². The average molecular weight is 338 g/mol. The van der Waals surface area contributed by atoms with E-state index in [1.807, 2.05) is 4.90 Å². The summed E-state index contributed by atoms with van der Waals surface area (Å²) in [5.41, 5.74) is 0.363. The predicted molar refractivity (Wildman–Crippen MR) is 90.6 cm³/mol. The fourth-order valence-corrected chi connectivity index (χ4v) is 3.12.